The molecule has 2 aromatic heterocycles. The lowest BCUT2D eigenvalue weighted by atomic mass is 10.1. The minimum absolute atomic E-state index is 0.321. The second kappa shape index (κ2) is 8.12. The molecule has 0 amide bonds. The van der Waals surface area contributed by atoms with Gasteiger partial charge < -0.3 is 14.4 Å². The first-order valence-corrected chi connectivity index (χ1v) is 10.1. The molecule has 27 heavy (non-hydrogen) atoms. The molecule has 0 spiro atoms. The van der Waals surface area contributed by atoms with Crippen LogP contribution in [0.25, 0.3) is 11.0 Å². The Balaban J connectivity index is 1.25. The highest BCUT2D eigenvalue weighted by Crippen LogP contribution is 2.28. The molecule has 0 aliphatic carbocycles. The molecule has 4 rings (SSSR count). The first kappa shape index (κ1) is 18.7. The molecule has 2 aliphatic rings. The third kappa shape index (κ3) is 4.25. The maximum Gasteiger partial charge on any atom is 0.159 e. The summed E-state index contributed by atoms with van der Waals surface area (Å²) >= 11 is 0. The van der Waals surface area contributed by atoms with Gasteiger partial charge in [0.1, 0.15) is 0 Å². The molecule has 0 radical (unpaired) electrons. The van der Waals surface area contributed by atoms with Gasteiger partial charge in [0, 0.05) is 46.0 Å². The van der Waals surface area contributed by atoms with E-state index in [0.29, 0.717) is 18.3 Å². The van der Waals surface area contributed by atoms with Gasteiger partial charge in [0.2, 0.25) is 0 Å². The highest BCUT2D eigenvalue weighted by molar-refractivity contribution is 5.89. The van der Waals surface area contributed by atoms with E-state index in [1.807, 2.05) is 24.1 Å². The van der Waals surface area contributed by atoms with Gasteiger partial charge in [-0.25, -0.2) is 4.98 Å². The Morgan fingerprint density at radius 2 is 1.93 bits per heavy atom. The monoisotopic (exact) mass is 373 g/mol. The van der Waals surface area contributed by atoms with Crippen LogP contribution in [0.5, 0.6) is 0 Å². The smallest absolute Gasteiger partial charge is 0.159 e. The van der Waals surface area contributed by atoms with Gasteiger partial charge in [-0.05, 0) is 32.8 Å². The van der Waals surface area contributed by atoms with E-state index in [9.17, 15) is 0 Å². The van der Waals surface area contributed by atoms with Crippen molar-refractivity contribution >= 4 is 16.7 Å². The number of fused-ring (bicyclic) bond motifs is 1. The van der Waals surface area contributed by atoms with E-state index >= 15 is 0 Å². The van der Waals surface area contributed by atoms with Crippen molar-refractivity contribution in [2.24, 2.45) is 7.05 Å². The highest BCUT2D eigenvalue weighted by atomic mass is 16.5. The lowest BCUT2D eigenvalue weighted by Crippen LogP contribution is -2.47. The van der Waals surface area contributed by atoms with Crippen molar-refractivity contribution in [3.05, 3.63) is 18.5 Å². The van der Waals surface area contributed by atoms with Gasteiger partial charge >= 0.3 is 0 Å². The summed E-state index contributed by atoms with van der Waals surface area (Å²) in [6, 6.07) is 2.10. The van der Waals surface area contributed by atoms with E-state index in [0.717, 1.165) is 63.2 Å². The molecule has 7 heteroatoms. The van der Waals surface area contributed by atoms with Crippen LogP contribution in [-0.4, -0.2) is 77.3 Å². The Bertz CT molecular complexity index is 746. The topological polar surface area (TPSA) is 55.7 Å². The van der Waals surface area contributed by atoms with Crippen molar-refractivity contribution in [1.82, 2.24) is 19.7 Å². The summed E-state index contributed by atoms with van der Waals surface area (Å²) < 4.78 is 13.8. The van der Waals surface area contributed by atoms with E-state index in [4.69, 9.17) is 9.47 Å². The van der Waals surface area contributed by atoms with Crippen LogP contribution < -0.4 is 4.90 Å². The summed E-state index contributed by atoms with van der Waals surface area (Å²) in [7, 11) is 1.94. The lowest BCUT2D eigenvalue weighted by molar-refractivity contribution is -0.0768. The number of rotatable bonds is 5. The summed E-state index contributed by atoms with van der Waals surface area (Å²) in [4.78, 5) is 9.35. The number of pyridine rings is 1. The molecule has 4 heterocycles. The minimum atomic E-state index is 0.321. The average Bonchev–Trinajstić information content (AvgIpc) is 3.03. The predicted molar refractivity (Wildman–Crippen MR) is 106 cm³/mol. The number of hydrogen-bond donors (Lipinski definition) is 0. The molecule has 2 aliphatic heterocycles. The zero-order chi connectivity index (χ0) is 18.8. The van der Waals surface area contributed by atoms with Gasteiger partial charge in [-0.3, -0.25) is 9.58 Å². The van der Waals surface area contributed by atoms with Crippen LogP contribution in [0.3, 0.4) is 0 Å². The lowest BCUT2D eigenvalue weighted by Gasteiger charge is -2.36. The van der Waals surface area contributed by atoms with Crippen LogP contribution in [0, 0.1) is 0 Å². The van der Waals surface area contributed by atoms with Crippen molar-refractivity contribution in [2.75, 3.05) is 44.2 Å². The van der Waals surface area contributed by atoms with Crippen molar-refractivity contribution in [3.8, 4) is 0 Å². The van der Waals surface area contributed by atoms with Crippen LogP contribution in [0.4, 0.5) is 5.69 Å². The first-order valence-electron chi connectivity index (χ1n) is 10.1. The molecular weight excluding hydrogens is 342 g/mol. The Hall–Kier alpha value is -1.70. The zero-order valence-corrected chi connectivity index (χ0v) is 16.7. The maximum atomic E-state index is 6.19. The normalized spacial score (nSPS) is 25.4. The standard InChI is InChI=1S/C20H31N5O2/c1-15-13-24(14-16(2)27-15)10-11-26-17-5-8-25(9-6-17)19-4-7-21-20-18(19)12-22-23(20)3/h4,7,12,15-17H,5-6,8-11,13-14H2,1-3H3. The van der Waals surface area contributed by atoms with Crippen LogP contribution in [0.2, 0.25) is 0 Å². The Kier molecular flexibility index (Phi) is 5.61. The molecule has 2 aromatic rings. The molecule has 7 nitrogen and oxygen atoms in total. The van der Waals surface area contributed by atoms with E-state index in [1.54, 1.807) is 0 Å². The predicted octanol–water partition coefficient (Wildman–Crippen LogP) is 2.06. The number of anilines is 1. The number of morpholine rings is 1. The fourth-order valence-electron chi connectivity index (χ4n) is 4.39. The Labute approximate surface area is 161 Å². The van der Waals surface area contributed by atoms with Crippen molar-refractivity contribution in [3.63, 3.8) is 0 Å². The van der Waals surface area contributed by atoms with E-state index < -0.39 is 0 Å². The highest BCUT2D eigenvalue weighted by Gasteiger charge is 2.24. The summed E-state index contributed by atoms with van der Waals surface area (Å²) in [5, 5.41) is 5.49. The second-order valence-corrected chi connectivity index (χ2v) is 7.91. The zero-order valence-electron chi connectivity index (χ0n) is 16.7. The Morgan fingerprint density at radius 1 is 1.19 bits per heavy atom. The van der Waals surface area contributed by atoms with Gasteiger partial charge in [0.25, 0.3) is 0 Å². The summed E-state index contributed by atoms with van der Waals surface area (Å²) in [5.74, 6) is 0. The molecule has 0 bridgehead atoms. The third-order valence-corrected chi connectivity index (χ3v) is 5.65. The molecule has 148 valence electrons. The van der Waals surface area contributed by atoms with E-state index in [1.165, 1.54) is 5.69 Å². The summed E-state index contributed by atoms with van der Waals surface area (Å²) in [6.07, 6.45) is 6.95. The molecular formula is C20H31N5O2. The third-order valence-electron chi connectivity index (χ3n) is 5.65. The number of piperidine rings is 1. The van der Waals surface area contributed by atoms with Crippen LogP contribution in [0.1, 0.15) is 26.7 Å². The van der Waals surface area contributed by atoms with E-state index in [-0.39, 0.29) is 0 Å². The van der Waals surface area contributed by atoms with Crippen LogP contribution in [-0.2, 0) is 16.5 Å². The van der Waals surface area contributed by atoms with Crippen molar-refractivity contribution in [1.29, 1.82) is 0 Å². The molecule has 0 N–H and O–H groups in total. The molecule has 2 fully saturated rings. The quantitative estimate of drug-likeness (QED) is 0.800. The minimum Gasteiger partial charge on any atom is -0.377 e. The Morgan fingerprint density at radius 3 is 2.67 bits per heavy atom. The SMILES string of the molecule is CC1CN(CCOC2CCN(c3ccnc4c3cnn4C)CC2)CC(C)O1. The van der Waals surface area contributed by atoms with Crippen LogP contribution >= 0.6 is 0 Å². The number of nitrogens with zero attached hydrogens (tertiary/aromatic N) is 5. The number of aromatic nitrogens is 3. The van der Waals surface area contributed by atoms with Crippen molar-refractivity contribution < 1.29 is 9.47 Å². The second-order valence-electron chi connectivity index (χ2n) is 7.91. The van der Waals surface area contributed by atoms with Crippen molar-refractivity contribution in [2.45, 2.75) is 45.0 Å². The average molecular weight is 374 g/mol. The largest absolute Gasteiger partial charge is 0.377 e. The molecule has 2 unspecified atom stereocenters. The van der Waals surface area contributed by atoms with E-state index in [2.05, 4.69) is 39.8 Å². The summed E-state index contributed by atoms with van der Waals surface area (Å²) in [6.45, 7) is 10.2. The fraction of sp³-hybridized carbons (Fsp3) is 0.700. The molecule has 0 saturated carbocycles. The fourth-order valence-corrected chi connectivity index (χ4v) is 4.39. The first-order chi connectivity index (χ1) is 13.1. The maximum absolute atomic E-state index is 6.19. The van der Waals surface area contributed by atoms with Gasteiger partial charge in [-0.15, -0.1) is 0 Å². The molecule has 2 atom stereocenters. The molecule has 0 aromatic carbocycles. The number of ether oxygens (including phenoxy) is 2. The van der Waals surface area contributed by atoms with Gasteiger partial charge in [-0.2, -0.15) is 5.10 Å². The summed E-state index contributed by atoms with van der Waals surface area (Å²) in [5.41, 5.74) is 2.18. The molecule has 2 saturated heterocycles. The van der Waals surface area contributed by atoms with Gasteiger partial charge in [0.15, 0.2) is 5.65 Å². The van der Waals surface area contributed by atoms with Gasteiger partial charge in [-0.1, -0.05) is 0 Å². The number of aryl methyl sites for hydroxylation is 1. The van der Waals surface area contributed by atoms with Gasteiger partial charge in [0.05, 0.1) is 42.2 Å². The number of hydrogen-bond acceptors (Lipinski definition) is 6. The van der Waals surface area contributed by atoms with Crippen LogP contribution in [0.15, 0.2) is 18.5 Å².